The Kier molecular flexibility index (Phi) is 4.27. The number of hydrogen-bond acceptors (Lipinski definition) is 6. The van der Waals surface area contributed by atoms with Crippen molar-refractivity contribution >= 4 is 11.0 Å². The summed E-state index contributed by atoms with van der Waals surface area (Å²) < 4.78 is 18.2. The molecule has 0 saturated heterocycles. The highest BCUT2D eigenvalue weighted by Gasteiger charge is 2.15. The van der Waals surface area contributed by atoms with E-state index < -0.39 is 0 Å². The van der Waals surface area contributed by atoms with E-state index in [4.69, 9.17) is 14.0 Å². The number of ether oxygens (including phenoxy) is 2. The van der Waals surface area contributed by atoms with E-state index >= 15 is 0 Å². The largest absolute Gasteiger partial charge is 0.493 e. The predicted octanol–water partition coefficient (Wildman–Crippen LogP) is 4.35. The number of benzene rings is 2. The molecule has 0 aliphatic carbocycles. The standard InChI is InChI=1S/C20H20N4O3/c1-12(2)24-11-21-15-7-5-13(9-16(15)24)19-22-20(27-23-19)14-6-8-17(25-3)18(10-14)26-4/h5-12H,1-4H3. The van der Waals surface area contributed by atoms with Gasteiger partial charge in [0.25, 0.3) is 5.89 Å². The Morgan fingerprint density at radius 2 is 1.74 bits per heavy atom. The lowest BCUT2D eigenvalue weighted by atomic mass is 10.1. The van der Waals surface area contributed by atoms with Crippen LogP contribution in [0.15, 0.2) is 47.2 Å². The Balaban J connectivity index is 1.72. The number of imidazole rings is 1. The first-order valence-electron chi connectivity index (χ1n) is 8.63. The van der Waals surface area contributed by atoms with Crippen molar-refractivity contribution in [2.75, 3.05) is 14.2 Å². The van der Waals surface area contributed by atoms with Gasteiger partial charge in [0.05, 0.1) is 31.6 Å². The molecule has 4 rings (SSSR count). The highest BCUT2D eigenvalue weighted by atomic mass is 16.5. The second-order valence-electron chi connectivity index (χ2n) is 6.44. The van der Waals surface area contributed by atoms with Gasteiger partial charge in [-0.25, -0.2) is 4.98 Å². The topological polar surface area (TPSA) is 75.2 Å². The fourth-order valence-corrected chi connectivity index (χ4v) is 3.00. The fraction of sp³-hybridized carbons (Fsp3) is 0.250. The zero-order chi connectivity index (χ0) is 19.0. The lowest BCUT2D eigenvalue weighted by Crippen LogP contribution is -1.98. The summed E-state index contributed by atoms with van der Waals surface area (Å²) in [6.07, 6.45) is 1.85. The van der Waals surface area contributed by atoms with Crippen LogP contribution >= 0.6 is 0 Å². The van der Waals surface area contributed by atoms with Crippen LogP contribution in [0.4, 0.5) is 0 Å². The van der Waals surface area contributed by atoms with E-state index in [-0.39, 0.29) is 0 Å². The summed E-state index contributed by atoms with van der Waals surface area (Å²) in [6.45, 7) is 4.24. The molecule has 0 N–H and O–H groups in total. The van der Waals surface area contributed by atoms with Gasteiger partial charge in [-0.3, -0.25) is 0 Å². The molecular formula is C20H20N4O3. The lowest BCUT2D eigenvalue weighted by Gasteiger charge is -2.08. The van der Waals surface area contributed by atoms with E-state index in [0.717, 1.165) is 22.2 Å². The molecule has 2 heterocycles. The molecule has 27 heavy (non-hydrogen) atoms. The number of aromatic nitrogens is 4. The molecule has 0 radical (unpaired) electrons. The van der Waals surface area contributed by atoms with Crippen LogP contribution < -0.4 is 9.47 Å². The molecule has 0 aliphatic rings. The summed E-state index contributed by atoms with van der Waals surface area (Å²) >= 11 is 0. The van der Waals surface area contributed by atoms with Crippen molar-refractivity contribution in [3.63, 3.8) is 0 Å². The minimum absolute atomic E-state index is 0.317. The van der Waals surface area contributed by atoms with Gasteiger partial charge in [-0.1, -0.05) is 5.16 Å². The summed E-state index contributed by atoms with van der Waals surface area (Å²) in [6, 6.07) is 11.7. The van der Waals surface area contributed by atoms with E-state index in [2.05, 4.69) is 33.5 Å². The summed E-state index contributed by atoms with van der Waals surface area (Å²) in [5.41, 5.74) is 3.62. The number of nitrogens with zero attached hydrogens (tertiary/aromatic N) is 4. The molecule has 2 aromatic carbocycles. The minimum atomic E-state index is 0.317. The number of methoxy groups -OCH3 is 2. The van der Waals surface area contributed by atoms with Gasteiger partial charge in [0, 0.05) is 17.2 Å². The molecule has 0 bridgehead atoms. The van der Waals surface area contributed by atoms with Crippen molar-refractivity contribution in [1.82, 2.24) is 19.7 Å². The second kappa shape index (κ2) is 6.75. The molecule has 0 aliphatic heterocycles. The molecule has 0 unspecified atom stereocenters. The number of hydrogen-bond donors (Lipinski definition) is 0. The molecule has 2 aromatic heterocycles. The number of rotatable bonds is 5. The minimum Gasteiger partial charge on any atom is -0.493 e. The molecule has 0 spiro atoms. The normalized spacial score (nSPS) is 11.3. The summed E-state index contributed by atoms with van der Waals surface area (Å²) in [5.74, 6) is 2.20. The summed E-state index contributed by atoms with van der Waals surface area (Å²) in [7, 11) is 3.19. The molecule has 0 atom stereocenters. The zero-order valence-electron chi connectivity index (χ0n) is 15.6. The molecule has 4 aromatic rings. The van der Waals surface area contributed by atoms with Crippen molar-refractivity contribution in [3.05, 3.63) is 42.7 Å². The van der Waals surface area contributed by atoms with Gasteiger partial charge < -0.3 is 18.6 Å². The van der Waals surface area contributed by atoms with Crippen LogP contribution in [0.2, 0.25) is 0 Å². The zero-order valence-corrected chi connectivity index (χ0v) is 15.6. The van der Waals surface area contributed by atoms with Crippen molar-refractivity contribution in [2.24, 2.45) is 0 Å². The van der Waals surface area contributed by atoms with E-state index in [1.807, 2.05) is 42.7 Å². The third kappa shape index (κ3) is 3.01. The van der Waals surface area contributed by atoms with Gasteiger partial charge in [0.15, 0.2) is 11.5 Å². The average Bonchev–Trinajstić information content (AvgIpc) is 3.34. The smallest absolute Gasteiger partial charge is 0.258 e. The first kappa shape index (κ1) is 17.1. The first-order valence-corrected chi connectivity index (χ1v) is 8.63. The van der Waals surface area contributed by atoms with Gasteiger partial charge in [0.1, 0.15) is 0 Å². The monoisotopic (exact) mass is 364 g/mol. The Bertz CT molecular complexity index is 1100. The van der Waals surface area contributed by atoms with Gasteiger partial charge in [-0.05, 0) is 50.2 Å². The molecule has 7 nitrogen and oxygen atoms in total. The first-order chi connectivity index (χ1) is 13.1. The van der Waals surface area contributed by atoms with E-state index in [1.165, 1.54) is 0 Å². The Labute approximate surface area is 156 Å². The lowest BCUT2D eigenvalue weighted by molar-refractivity contribution is 0.355. The van der Waals surface area contributed by atoms with Crippen molar-refractivity contribution in [3.8, 4) is 34.3 Å². The van der Waals surface area contributed by atoms with Crippen LogP contribution in [0.3, 0.4) is 0 Å². The Morgan fingerprint density at radius 1 is 0.963 bits per heavy atom. The van der Waals surface area contributed by atoms with Crippen LogP contribution in [0.25, 0.3) is 33.9 Å². The van der Waals surface area contributed by atoms with E-state index in [9.17, 15) is 0 Å². The fourth-order valence-electron chi connectivity index (χ4n) is 3.00. The maximum atomic E-state index is 5.47. The Hall–Kier alpha value is -3.35. The van der Waals surface area contributed by atoms with Gasteiger partial charge in [0.2, 0.25) is 5.82 Å². The van der Waals surface area contributed by atoms with E-state index in [1.54, 1.807) is 14.2 Å². The maximum absolute atomic E-state index is 5.47. The molecule has 7 heteroatoms. The van der Waals surface area contributed by atoms with Crippen molar-refractivity contribution in [1.29, 1.82) is 0 Å². The SMILES string of the molecule is COc1ccc(-c2nc(-c3ccc4ncn(C(C)C)c4c3)no2)cc1OC. The third-order valence-electron chi connectivity index (χ3n) is 4.45. The van der Waals surface area contributed by atoms with Gasteiger partial charge in [-0.15, -0.1) is 0 Å². The third-order valence-corrected chi connectivity index (χ3v) is 4.45. The van der Waals surface area contributed by atoms with Crippen LogP contribution in [-0.2, 0) is 0 Å². The molecule has 0 amide bonds. The highest BCUT2D eigenvalue weighted by molar-refractivity contribution is 5.81. The van der Waals surface area contributed by atoms with Gasteiger partial charge >= 0.3 is 0 Å². The highest BCUT2D eigenvalue weighted by Crippen LogP contribution is 2.32. The molecule has 0 saturated carbocycles. The second-order valence-corrected chi connectivity index (χ2v) is 6.44. The van der Waals surface area contributed by atoms with Crippen LogP contribution in [0, 0.1) is 0 Å². The number of fused-ring (bicyclic) bond motifs is 1. The molecule has 0 fully saturated rings. The Morgan fingerprint density at radius 3 is 2.48 bits per heavy atom. The quantitative estimate of drug-likeness (QED) is 0.524. The predicted molar refractivity (Wildman–Crippen MR) is 102 cm³/mol. The molecular weight excluding hydrogens is 344 g/mol. The maximum Gasteiger partial charge on any atom is 0.258 e. The van der Waals surface area contributed by atoms with Crippen molar-refractivity contribution < 1.29 is 14.0 Å². The average molecular weight is 364 g/mol. The van der Waals surface area contributed by atoms with Crippen LogP contribution in [0.5, 0.6) is 11.5 Å². The summed E-state index contributed by atoms with van der Waals surface area (Å²) in [4.78, 5) is 8.98. The van der Waals surface area contributed by atoms with Crippen LogP contribution in [0.1, 0.15) is 19.9 Å². The molecule has 138 valence electrons. The van der Waals surface area contributed by atoms with Crippen LogP contribution in [-0.4, -0.2) is 33.9 Å². The van der Waals surface area contributed by atoms with Gasteiger partial charge in [-0.2, -0.15) is 4.98 Å². The van der Waals surface area contributed by atoms with Crippen molar-refractivity contribution in [2.45, 2.75) is 19.9 Å². The summed E-state index contributed by atoms with van der Waals surface area (Å²) in [5, 5.41) is 4.14. The van der Waals surface area contributed by atoms with E-state index in [0.29, 0.717) is 29.3 Å².